The summed E-state index contributed by atoms with van der Waals surface area (Å²) in [5.74, 6) is -0.943. The smallest absolute Gasteiger partial charge is 0.277 e. The van der Waals surface area contributed by atoms with Crippen LogP contribution in [0.15, 0.2) is 23.0 Å². The summed E-state index contributed by atoms with van der Waals surface area (Å²) in [5, 5.41) is 0.0562. The van der Waals surface area contributed by atoms with Crippen LogP contribution in [-0.2, 0) is 19.3 Å². The molecule has 1 aliphatic rings. The van der Waals surface area contributed by atoms with Gasteiger partial charge in [0.25, 0.3) is 5.56 Å². The van der Waals surface area contributed by atoms with Crippen LogP contribution in [0.2, 0.25) is 5.02 Å². The van der Waals surface area contributed by atoms with Crippen LogP contribution in [-0.4, -0.2) is 9.36 Å². The molecule has 2 heterocycles. The first-order valence-corrected chi connectivity index (χ1v) is 7.54. The van der Waals surface area contributed by atoms with Crippen LogP contribution in [0.1, 0.15) is 25.0 Å². The van der Waals surface area contributed by atoms with Gasteiger partial charge in [-0.1, -0.05) is 11.6 Å². The maximum absolute atomic E-state index is 14.1. The molecule has 0 unspecified atom stereocenters. The third kappa shape index (κ3) is 2.78. The van der Waals surface area contributed by atoms with E-state index in [9.17, 15) is 22.4 Å². The Balaban J connectivity index is 2.34. The van der Waals surface area contributed by atoms with Gasteiger partial charge in [-0.2, -0.15) is 13.2 Å². The second-order valence-corrected chi connectivity index (χ2v) is 5.89. The average Bonchev–Trinajstić information content (AvgIpc) is 2.62. The standard InChI is InChI=1S/C15H13ClF4N2O/c16-9-4-5-10(11(17)8-9)12-13(15(18,19)20)21-6-2-1-3-7-22(21)14(12)23/h4-5,8H,1-3,6-7H2. The van der Waals surface area contributed by atoms with E-state index in [2.05, 4.69) is 0 Å². The molecule has 23 heavy (non-hydrogen) atoms. The van der Waals surface area contributed by atoms with E-state index in [-0.39, 0.29) is 23.7 Å². The zero-order valence-corrected chi connectivity index (χ0v) is 12.7. The lowest BCUT2D eigenvalue weighted by Gasteiger charge is -2.14. The largest absolute Gasteiger partial charge is 0.433 e. The highest BCUT2D eigenvalue weighted by atomic mass is 35.5. The van der Waals surface area contributed by atoms with Gasteiger partial charge in [-0.3, -0.25) is 9.48 Å². The number of benzene rings is 1. The fraction of sp³-hybridized carbons (Fsp3) is 0.400. The second-order valence-electron chi connectivity index (χ2n) is 5.46. The Labute approximate surface area is 134 Å². The van der Waals surface area contributed by atoms with E-state index in [1.807, 2.05) is 0 Å². The van der Waals surface area contributed by atoms with E-state index in [1.54, 1.807) is 0 Å². The number of halogens is 5. The van der Waals surface area contributed by atoms with Crippen molar-refractivity contribution < 1.29 is 17.6 Å². The summed E-state index contributed by atoms with van der Waals surface area (Å²) in [4.78, 5) is 12.5. The van der Waals surface area contributed by atoms with Crippen LogP contribution >= 0.6 is 11.6 Å². The Hall–Kier alpha value is -1.76. The number of fused-ring (bicyclic) bond motifs is 1. The Morgan fingerprint density at radius 2 is 1.70 bits per heavy atom. The highest BCUT2D eigenvalue weighted by Crippen LogP contribution is 2.37. The van der Waals surface area contributed by atoms with E-state index in [4.69, 9.17) is 11.6 Å². The zero-order valence-electron chi connectivity index (χ0n) is 12.0. The number of hydrogen-bond donors (Lipinski definition) is 0. The minimum Gasteiger partial charge on any atom is -0.277 e. The third-order valence-corrected chi connectivity index (χ3v) is 4.18. The van der Waals surface area contributed by atoms with Crippen molar-refractivity contribution in [1.82, 2.24) is 9.36 Å². The van der Waals surface area contributed by atoms with Crippen molar-refractivity contribution in [2.75, 3.05) is 0 Å². The van der Waals surface area contributed by atoms with Gasteiger partial charge in [0.15, 0.2) is 5.69 Å². The van der Waals surface area contributed by atoms with Crippen LogP contribution in [0.25, 0.3) is 11.1 Å². The summed E-state index contributed by atoms with van der Waals surface area (Å²) < 4.78 is 56.8. The topological polar surface area (TPSA) is 26.9 Å². The summed E-state index contributed by atoms with van der Waals surface area (Å²) >= 11 is 5.65. The van der Waals surface area contributed by atoms with Gasteiger partial charge in [0.05, 0.1) is 5.56 Å². The molecule has 124 valence electrons. The number of alkyl halides is 3. The molecule has 0 saturated heterocycles. The van der Waals surface area contributed by atoms with Gasteiger partial charge in [0.1, 0.15) is 5.82 Å². The van der Waals surface area contributed by atoms with Crippen LogP contribution in [0.3, 0.4) is 0 Å². The Morgan fingerprint density at radius 3 is 2.30 bits per heavy atom. The molecule has 0 spiro atoms. The summed E-state index contributed by atoms with van der Waals surface area (Å²) in [6.07, 6.45) is -2.85. The number of rotatable bonds is 1. The second kappa shape index (κ2) is 5.70. The van der Waals surface area contributed by atoms with E-state index in [0.717, 1.165) is 27.9 Å². The van der Waals surface area contributed by atoms with Crippen molar-refractivity contribution in [3.63, 3.8) is 0 Å². The lowest BCUT2D eigenvalue weighted by Crippen LogP contribution is -2.23. The first-order chi connectivity index (χ1) is 10.8. The molecular formula is C15H13ClF4N2O. The Kier molecular flexibility index (Phi) is 4.00. The van der Waals surface area contributed by atoms with Crippen LogP contribution in [0.4, 0.5) is 17.6 Å². The summed E-state index contributed by atoms with van der Waals surface area (Å²) in [6, 6.07) is 3.29. The van der Waals surface area contributed by atoms with Gasteiger partial charge in [-0.15, -0.1) is 0 Å². The van der Waals surface area contributed by atoms with Gasteiger partial charge < -0.3 is 0 Å². The van der Waals surface area contributed by atoms with E-state index >= 15 is 0 Å². The fourth-order valence-electron chi connectivity index (χ4n) is 2.97. The molecule has 1 aromatic carbocycles. The summed E-state index contributed by atoms with van der Waals surface area (Å²) in [7, 11) is 0. The highest BCUT2D eigenvalue weighted by molar-refractivity contribution is 6.30. The Bertz CT molecular complexity index is 807. The maximum atomic E-state index is 14.1. The first kappa shape index (κ1) is 16.1. The molecule has 0 aliphatic carbocycles. The molecule has 0 atom stereocenters. The van der Waals surface area contributed by atoms with Crippen LogP contribution < -0.4 is 5.56 Å². The van der Waals surface area contributed by atoms with Gasteiger partial charge >= 0.3 is 6.18 Å². The van der Waals surface area contributed by atoms with Crippen LogP contribution in [0, 0.1) is 5.82 Å². The lowest BCUT2D eigenvalue weighted by atomic mass is 10.0. The molecule has 0 fully saturated rings. The van der Waals surface area contributed by atoms with Crippen molar-refractivity contribution in [3.05, 3.63) is 45.1 Å². The highest BCUT2D eigenvalue weighted by Gasteiger charge is 2.42. The normalized spacial score (nSPS) is 15.3. The van der Waals surface area contributed by atoms with Crippen molar-refractivity contribution in [2.45, 2.75) is 38.5 Å². The molecule has 0 radical (unpaired) electrons. The van der Waals surface area contributed by atoms with Gasteiger partial charge in [0.2, 0.25) is 0 Å². The molecule has 3 rings (SSSR count). The monoisotopic (exact) mass is 348 g/mol. The summed E-state index contributed by atoms with van der Waals surface area (Å²) in [5.41, 5.74) is -2.93. The summed E-state index contributed by atoms with van der Waals surface area (Å²) in [6.45, 7) is 0.274. The molecule has 1 aromatic heterocycles. The minimum absolute atomic E-state index is 0.0562. The maximum Gasteiger partial charge on any atom is 0.433 e. The predicted octanol–water partition coefficient (Wildman–Crippen LogP) is 4.31. The number of hydrogen-bond acceptors (Lipinski definition) is 1. The third-order valence-electron chi connectivity index (χ3n) is 3.94. The van der Waals surface area contributed by atoms with E-state index in [1.165, 1.54) is 6.07 Å². The van der Waals surface area contributed by atoms with Crippen molar-refractivity contribution in [3.8, 4) is 11.1 Å². The quantitative estimate of drug-likeness (QED) is 0.705. The van der Waals surface area contributed by atoms with Crippen LogP contribution in [0.5, 0.6) is 0 Å². The van der Waals surface area contributed by atoms with Gasteiger partial charge in [-0.25, -0.2) is 9.07 Å². The SMILES string of the molecule is O=c1c(-c2ccc(Cl)cc2F)c(C(F)(F)F)n2n1CCCCC2. The average molecular weight is 349 g/mol. The molecule has 0 saturated carbocycles. The molecule has 3 nitrogen and oxygen atoms in total. The van der Waals surface area contributed by atoms with E-state index in [0.29, 0.717) is 12.8 Å². The molecule has 1 aliphatic heterocycles. The van der Waals surface area contributed by atoms with Crippen molar-refractivity contribution >= 4 is 11.6 Å². The van der Waals surface area contributed by atoms with Gasteiger partial charge in [-0.05, 0) is 37.5 Å². The van der Waals surface area contributed by atoms with Crippen molar-refractivity contribution in [1.29, 1.82) is 0 Å². The fourth-order valence-corrected chi connectivity index (χ4v) is 3.13. The molecular weight excluding hydrogens is 336 g/mol. The lowest BCUT2D eigenvalue weighted by molar-refractivity contribution is -0.144. The molecule has 0 amide bonds. The first-order valence-electron chi connectivity index (χ1n) is 7.17. The van der Waals surface area contributed by atoms with E-state index < -0.39 is 28.8 Å². The Morgan fingerprint density at radius 1 is 1.04 bits per heavy atom. The molecule has 8 heteroatoms. The van der Waals surface area contributed by atoms with Gasteiger partial charge in [0, 0.05) is 23.7 Å². The minimum atomic E-state index is -4.75. The van der Waals surface area contributed by atoms with Crippen molar-refractivity contribution in [2.24, 2.45) is 0 Å². The number of aromatic nitrogens is 2. The molecule has 0 N–H and O–H groups in total. The molecule has 2 aromatic rings. The molecule has 0 bridgehead atoms. The zero-order chi connectivity index (χ0) is 16.8. The predicted molar refractivity (Wildman–Crippen MR) is 77.9 cm³/mol. The number of nitrogens with zero attached hydrogens (tertiary/aromatic N) is 2.